The topological polar surface area (TPSA) is 0 Å². The summed E-state index contributed by atoms with van der Waals surface area (Å²) in [7, 11) is 0. The number of hydrogen-bond donors (Lipinski definition) is 0. The summed E-state index contributed by atoms with van der Waals surface area (Å²) in [6.45, 7) is 2.16. The lowest BCUT2D eigenvalue weighted by Gasteiger charge is -1.97. The Labute approximate surface area is 68.0 Å². The van der Waals surface area contributed by atoms with Crippen molar-refractivity contribution in [2.24, 2.45) is 0 Å². The van der Waals surface area contributed by atoms with Crippen LogP contribution in [-0.4, -0.2) is 4.83 Å². The highest BCUT2D eigenvalue weighted by Gasteiger charge is 1.96. The lowest BCUT2D eigenvalue weighted by atomic mass is 10.2. The summed E-state index contributed by atoms with van der Waals surface area (Å²) in [5.74, 6) is 0. The smallest absolute Gasteiger partial charge is 0.0158 e. The van der Waals surface area contributed by atoms with Crippen molar-refractivity contribution in [1.82, 2.24) is 0 Å². The molecule has 0 radical (unpaired) electrons. The van der Waals surface area contributed by atoms with Crippen LogP contribution in [0, 0.1) is 0 Å². The highest BCUT2D eigenvalue weighted by Crippen LogP contribution is 2.11. The molecule has 0 aliphatic rings. The predicted molar refractivity (Wildman–Crippen MR) is 46.4 cm³/mol. The van der Waals surface area contributed by atoms with Crippen LogP contribution in [0.5, 0.6) is 0 Å². The molecule has 1 aromatic heterocycles. The van der Waals surface area contributed by atoms with Crippen molar-refractivity contribution in [3.05, 3.63) is 22.4 Å². The van der Waals surface area contributed by atoms with Gasteiger partial charge < -0.3 is 0 Å². The molecule has 0 aliphatic carbocycles. The van der Waals surface area contributed by atoms with Crippen LogP contribution in [0.2, 0.25) is 0 Å². The van der Waals surface area contributed by atoms with Gasteiger partial charge in [0.25, 0.3) is 0 Å². The third kappa shape index (κ3) is 2.50. The number of rotatable bonds is 2. The van der Waals surface area contributed by atoms with E-state index < -0.39 is 0 Å². The van der Waals surface area contributed by atoms with Crippen molar-refractivity contribution >= 4 is 27.3 Å². The van der Waals surface area contributed by atoms with Crippen LogP contribution in [0.25, 0.3) is 0 Å². The summed E-state index contributed by atoms with van der Waals surface area (Å²) < 4.78 is 0. The van der Waals surface area contributed by atoms with Crippen molar-refractivity contribution in [3.63, 3.8) is 0 Å². The zero-order chi connectivity index (χ0) is 6.69. The number of thiophene rings is 1. The molecule has 0 fully saturated rings. The summed E-state index contributed by atoms with van der Waals surface area (Å²) in [5.41, 5.74) is 1.43. The minimum atomic E-state index is 0.604. The molecule has 0 nitrogen and oxygen atoms in total. The molecule has 1 rings (SSSR count). The van der Waals surface area contributed by atoms with E-state index in [-0.39, 0.29) is 0 Å². The van der Waals surface area contributed by atoms with Gasteiger partial charge in [0.2, 0.25) is 0 Å². The molecule has 0 amide bonds. The Morgan fingerprint density at radius 1 is 1.78 bits per heavy atom. The maximum absolute atomic E-state index is 3.50. The second-order valence-electron chi connectivity index (χ2n) is 2.12. The van der Waals surface area contributed by atoms with Gasteiger partial charge in [0.1, 0.15) is 0 Å². The van der Waals surface area contributed by atoms with Crippen molar-refractivity contribution < 1.29 is 0 Å². The van der Waals surface area contributed by atoms with Crippen LogP contribution in [0.1, 0.15) is 12.5 Å². The molecule has 9 heavy (non-hydrogen) atoms. The van der Waals surface area contributed by atoms with Gasteiger partial charge in [0.05, 0.1) is 0 Å². The molecule has 2 heteroatoms. The normalized spacial score (nSPS) is 13.6. The number of hydrogen-bond acceptors (Lipinski definition) is 1. The van der Waals surface area contributed by atoms with Crippen molar-refractivity contribution in [1.29, 1.82) is 0 Å². The Kier molecular flexibility index (Phi) is 2.73. The van der Waals surface area contributed by atoms with Crippen LogP contribution in [-0.2, 0) is 6.42 Å². The van der Waals surface area contributed by atoms with Gasteiger partial charge in [-0.2, -0.15) is 11.3 Å². The molecule has 0 aliphatic heterocycles. The highest BCUT2D eigenvalue weighted by molar-refractivity contribution is 9.09. The maximum Gasteiger partial charge on any atom is 0.0158 e. The van der Waals surface area contributed by atoms with Crippen LogP contribution in [0.3, 0.4) is 0 Å². The summed E-state index contributed by atoms with van der Waals surface area (Å²) in [6, 6.07) is 2.17. The van der Waals surface area contributed by atoms with Crippen LogP contribution in [0.4, 0.5) is 0 Å². The summed E-state index contributed by atoms with van der Waals surface area (Å²) in [4.78, 5) is 0.604. The van der Waals surface area contributed by atoms with Gasteiger partial charge in [-0.1, -0.05) is 22.9 Å². The van der Waals surface area contributed by atoms with Gasteiger partial charge in [-0.25, -0.2) is 0 Å². The largest absolute Gasteiger partial charge is 0.152 e. The summed E-state index contributed by atoms with van der Waals surface area (Å²) in [5, 5.41) is 4.31. The van der Waals surface area contributed by atoms with E-state index in [2.05, 4.69) is 39.7 Å². The first kappa shape index (κ1) is 7.29. The van der Waals surface area contributed by atoms with Gasteiger partial charge in [-0.15, -0.1) is 0 Å². The second-order valence-corrected chi connectivity index (χ2v) is 4.46. The van der Waals surface area contributed by atoms with Crippen LogP contribution >= 0.6 is 27.3 Å². The Hall–Kier alpha value is 0.180. The molecule has 1 atom stereocenters. The van der Waals surface area contributed by atoms with E-state index in [9.17, 15) is 0 Å². The van der Waals surface area contributed by atoms with E-state index in [0.717, 1.165) is 6.42 Å². The SMILES string of the molecule is C[C@@H](Br)Cc1ccsc1. The van der Waals surface area contributed by atoms with E-state index in [1.807, 2.05) is 0 Å². The predicted octanol–water partition coefficient (Wildman–Crippen LogP) is 3.07. The molecule has 1 aromatic rings. The molecule has 0 spiro atoms. The molecule has 0 saturated carbocycles. The molecule has 50 valence electrons. The lowest BCUT2D eigenvalue weighted by molar-refractivity contribution is 0.965. The zero-order valence-corrected chi connectivity index (χ0v) is 7.71. The first-order valence-electron chi connectivity index (χ1n) is 2.94. The Balaban J connectivity index is 2.48. The standard InChI is InChI=1S/C7H9BrS/c1-6(8)4-7-2-3-9-5-7/h2-3,5-6H,4H2,1H3/t6-/m1/s1. The van der Waals surface area contributed by atoms with E-state index >= 15 is 0 Å². The minimum absolute atomic E-state index is 0.604. The van der Waals surface area contributed by atoms with Crippen LogP contribution < -0.4 is 0 Å². The minimum Gasteiger partial charge on any atom is -0.152 e. The average molecular weight is 205 g/mol. The zero-order valence-electron chi connectivity index (χ0n) is 5.30. The van der Waals surface area contributed by atoms with E-state index in [0.29, 0.717) is 4.83 Å². The fourth-order valence-electron chi connectivity index (χ4n) is 0.734. The molecule has 0 bridgehead atoms. The average Bonchev–Trinajstić information content (AvgIpc) is 2.15. The monoisotopic (exact) mass is 204 g/mol. The maximum atomic E-state index is 3.50. The molecule has 0 saturated heterocycles. The molecule has 1 heterocycles. The van der Waals surface area contributed by atoms with Gasteiger partial charge in [0, 0.05) is 4.83 Å². The van der Waals surface area contributed by atoms with E-state index in [1.54, 1.807) is 11.3 Å². The fraction of sp³-hybridized carbons (Fsp3) is 0.429. The molecule has 0 unspecified atom stereocenters. The lowest BCUT2D eigenvalue weighted by Crippen LogP contribution is -1.93. The van der Waals surface area contributed by atoms with Gasteiger partial charge in [-0.3, -0.25) is 0 Å². The van der Waals surface area contributed by atoms with E-state index in [4.69, 9.17) is 0 Å². The quantitative estimate of drug-likeness (QED) is 0.651. The first-order chi connectivity index (χ1) is 4.29. The second kappa shape index (κ2) is 3.37. The Bertz CT molecular complexity index is 155. The molecule has 0 N–H and O–H groups in total. The van der Waals surface area contributed by atoms with Crippen molar-refractivity contribution in [2.75, 3.05) is 0 Å². The Morgan fingerprint density at radius 3 is 3.00 bits per heavy atom. The number of halogens is 1. The van der Waals surface area contributed by atoms with Crippen molar-refractivity contribution in [2.45, 2.75) is 18.2 Å². The van der Waals surface area contributed by atoms with Crippen molar-refractivity contribution in [3.8, 4) is 0 Å². The summed E-state index contributed by atoms with van der Waals surface area (Å²) >= 11 is 5.26. The third-order valence-electron chi connectivity index (χ3n) is 1.10. The highest BCUT2D eigenvalue weighted by atomic mass is 79.9. The van der Waals surface area contributed by atoms with Gasteiger partial charge in [-0.05, 0) is 28.8 Å². The molecular weight excluding hydrogens is 196 g/mol. The van der Waals surface area contributed by atoms with Gasteiger partial charge in [0.15, 0.2) is 0 Å². The third-order valence-corrected chi connectivity index (χ3v) is 2.15. The van der Waals surface area contributed by atoms with Crippen LogP contribution in [0.15, 0.2) is 16.8 Å². The molecule has 0 aromatic carbocycles. The number of alkyl halides is 1. The first-order valence-corrected chi connectivity index (χ1v) is 4.80. The fourth-order valence-corrected chi connectivity index (χ4v) is 1.79. The van der Waals surface area contributed by atoms with Gasteiger partial charge >= 0.3 is 0 Å². The Morgan fingerprint density at radius 2 is 2.56 bits per heavy atom. The summed E-state index contributed by atoms with van der Waals surface area (Å²) in [6.07, 6.45) is 1.14. The molecular formula is C7H9BrS. The van der Waals surface area contributed by atoms with E-state index in [1.165, 1.54) is 5.56 Å².